The Labute approximate surface area is 130 Å². The van der Waals surface area contributed by atoms with Gasteiger partial charge in [0, 0.05) is 25.8 Å². The van der Waals surface area contributed by atoms with Crippen molar-refractivity contribution in [2.45, 2.75) is 23.7 Å². The van der Waals surface area contributed by atoms with Crippen molar-refractivity contribution in [1.29, 1.82) is 0 Å². The highest BCUT2D eigenvalue weighted by atomic mass is 32.2. The Morgan fingerprint density at radius 2 is 2.29 bits per heavy atom. The third-order valence-electron chi connectivity index (χ3n) is 2.42. The number of carbonyl (C=O) groups is 1. The quantitative estimate of drug-likeness (QED) is 0.510. The van der Waals surface area contributed by atoms with Crippen LogP contribution in [0.5, 0.6) is 0 Å². The summed E-state index contributed by atoms with van der Waals surface area (Å²) in [6.07, 6.45) is 0.799. The third kappa shape index (κ3) is 5.01. The van der Waals surface area contributed by atoms with Crippen molar-refractivity contribution in [2.75, 3.05) is 18.1 Å². The van der Waals surface area contributed by atoms with Crippen LogP contribution in [0.25, 0.3) is 0 Å². The topological polar surface area (TPSA) is 114 Å². The van der Waals surface area contributed by atoms with Gasteiger partial charge in [0.15, 0.2) is 0 Å². The lowest BCUT2D eigenvalue weighted by Crippen LogP contribution is -2.27. The molecule has 114 valence electrons. The van der Waals surface area contributed by atoms with Crippen LogP contribution in [0, 0.1) is 0 Å². The van der Waals surface area contributed by atoms with Gasteiger partial charge in [-0.25, -0.2) is 9.67 Å². The number of aromatic amines is 1. The lowest BCUT2D eigenvalue weighted by Gasteiger charge is -2.03. The van der Waals surface area contributed by atoms with E-state index in [2.05, 4.69) is 36.0 Å². The van der Waals surface area contributed by atoms with Gasteiger partial charge in [-0.1, -0.05) is 30.4 Å². The molecule has 9 nitrogen and oxygen atoms in total. The van der Waals surface area contributed by atoms with Crippen molar-refractivity contribution in [2.24, 2.45) is 7.05 Å². The monoisotopic (exact) mass is 328 g/mol. The van der Waals surface area contributed by atoms with Gasteiger partial charge in [0.05, 0.1) is 5.75 Å². The first-order chi connectivity index (χ1) is 10.2. The van der Waals surface area contributed by atoms with Crippen LogP contribution >= 0.6 is 23.5 Å². The van der Waals surface area contributed by atoms with Gasteiger partial charge in [-0.05, 0) is 10.4 Å². The number of nitrogens with zero attached hydrogens (tertiary/aromatic N) is 6. The zero-order valence-electron chi connectivity index (χ0n) is 11.7. The summed E-state index contributed by atoms with van der Waals surface area (Å²) in [5.41, 5.74) is 0. The molecule has 0 aromatic carbocycles. The lowest BCUT2D eigenvalue weighted by atomic mass is 10.5. The zero-order valence-corrected chi connectivity index (χ0v) is 13.4. The van der Waals surface area contributed by atoms with E-state index in [1.54, 1.807) is 11.7 Å². The van der Waals surface area contributed by atoms with Gasteiger partial charge in [0.25, 0.3) is 0 Å². The van der Waals surface area contributed by atoms with Crippen LogP contribution < -0.4 is 5.32 Å². The summed E-state index contributed by atoms with van der Waals surface area (Å²) < 4.78 is 1.59. The van der Waals surface area contributed by atoms with Crippen LogP contribution in [0.3, 0.4) is 0 Å². The van der Waals surface area contributed by atoms with Crippen LogP contribution in [0.1, 0.15) is 12.7 Å². The van der Waals surface area contributed by atoms with Crippen molar-refractivity contribution in [3.05, 3.63) is 5.82 Å². The first-order valence-electron chi connectivity index (χ1n) is 6.35. The molecule has 2 aromatic rings. The number of amides is 1. The molecular weight excluding hydrogens is 312 g/mol. The predicted octanol–water partition coefficient (Wildman–Crippen LogP) is -0.109. The number of hydrogen-bond donors (Lipinski definition) is 2. The molecule has 0 aliphatic rings. The van der Waals surface area contributed by atoms with E-state index in [4.69, 9.17) is 0 Å². The van der Waals surface area contributed by atoms with E-state index in [0.29, 0.717) is 23.2 Å². The molecule has 2 rings (SSSR count). The number of nitrogens with one attached hydrogen (secondary N) is 2. The molecule has 11 heteroatoms. The molecule has 0 saturated heterocycles. The molecule has 2 N–H and O–H groups in total. The fourth-order valence-electron chi connectivity index (χ4n) is 1.36. The molecule has 0 aliphatic carbocycles. The second kappa shape index (κ2) is 7.98. The molecule has 0 spiro atoms. The average molecular weight is 328 g/mol. The zero-order chi connectivity index (χ0) is 15.1. The average Bonchev–Trinajstić information content (AvgIpc) is 3.10. The van der Waals surface area contributed by atoms with E-state index < -0.39 is 0 Å². The van der Waals surface area contributed by atoms with Gasteiger partial charge in [-0.15, -0.1) is 10.2 Å². The second-order valence-corrected chi connectivity index (χ2v) is 5.99. The molecule has 0 unspecified atom stereocenters. The van der Waals surface area contributed by atoms with Crippen molar-refractivity contribution in [3.8, 4) is 0 Å². The molecular formula is C10H16N8OS2. The fraction of sp³-hybridized carbons (Fsp3) is 0.600. The summed E-state index contributed by atoms with van der Waals surface area (Å²) in [5.74, 6) is 1.80. The largest absolute Gasteiger partial charge is 0.355 e. The molecule has 2 aromatic heterocycles. The summed E-state index contributed by atoms with van der Waals surface area (Å²) in [5, 5.41) is 22.1. The number of aromatic nitrogens is 7. The SMILES string of the molecule is CCc1nc(SCC(=O)NCCSc2nnnn2C)n[nH]1. The molecule has 21 heavy (non-hydrogen) atoms. The summed E-state index contributed by atoms with van der Waals surface area (Å²) in [7, 11) is 1.78. The maximum atomic E-state index is 11.7. The number of H-pyrrole nitrogens is 1. The Hall–Kier alpha value is -1.62. The van der Waals surface area contributed by atoms with Gasteiger partial charge in [0.2, 0.25) is 16.2 Å². The minimum Gasteiger partial charge on any atom is -0.355 e. The standard InChI is InChI=1S/C10H16N8OS2/c1-3-7-12-9(14-13-7)21-6-8(19)11-4-5-20-10-15-16-17-18(10)2/h3-6H2,1-2H3,(H,11,19)(H,12,13,14). The highest BCUT2D eigenvalue weighted by molar-refractivity contribution is 7.99. The molecule has 1 amide bonds. The molecule has 0 saturated carbocycles. The smallest absolute Gasteiger partial charge is 0.230 e. The van der Waals surface area contributed by atoms with Crippen LogP contribution in [-0.2, 0) is 18.3 Å². The Balaban J connectivity index is 1.60. The lowest BCUT2D eigenvalue weighted by molar-refractivity contribution is -0.118. The van der Waals surface area contributed by atoms with Crippen molar-refractivity contribution >= 4 is 29.4 Å². The molecule has 0 radical (unpaired) electrons. The van der Waals surface area contributed by atoms with Gasteiger partial charge in [0.1, 0.15) is 5.82 Å². The van der Waals surface area contributed by atoms with E-state index in [-0.39, 0.29) is 5.91 Å². The van der Waals surface area contributed by atoms with E-state index in [0.717, 1.165) is 17.4 Å². The van der Waals surface area contributed by atoms with E-state index in [9.17, 15) is 4.79 Å². The number of carbonyl (C=O) groups excluding carboxylic acids is 1. The Bertz CT molecular complexity index is 583. The predicted molar refractivity (Wildman–Crippen MR) is 79.0 cm³/mol. The van der Waals surface area contributed by atoms with Gasteiger partial charge in [-0.2, -0.15) is 0 Å². The summed E-state index contributed by atoms with van der Waals surface area (Å²) >= 11 is 2.81. The van der Waals surface area contributed by atoms with Crippen molar-refractivity contribution < 1.29 is 4.79 Å². The number of rotatable bonds is 8. The number of thioether (sulfide) groups is 2. The minimum atomic E-state index is -0.0421. The first-order valence-corrected chi connectivity index (χ1v) is 8.32. The minimum absolute atomic E-state index is 0.0421. The first kappa shape index (κ1) is 15.8. The fourth-order valence-corrected chi connectivity index (χ4v) is 2.71. The summed E-state index contributed by atoms with van der Waals surface area (Å²) in [4.78, 5) is 15.9. The van der Waals surface area contributed by atoms with Crippen LogP contribution in [0.4, 0.5) is 0 Å². The maximum absolute atomic E-state index is 11.7. The van der Waals surface area contributed by atoms with Gasteiger partial charge >= 0.3 is 0 Å². The molecule has 0 atom stereocenters. The van der Waals surface area contributed by atoms with Crippen LogP contribution in [0.2, 0.25) is 0 Å². The summed E-state index contributed by atoms with van der Waals surface area (Å²) in [6.45, 7) is 2.55. The second-order valence-electron chi connectivity index (χ2n) is 3.99. The Morgan fingerprint density at radius 3 is 2.95 bits per heavy atom. The van der Waals surface area contributed by atoms with Crippen LogP contribution in [-0.4, -0.2) is 59.3 Å². The Morgan fingerprint density at radius 1 is 1.43 bits per heavy atom. The number of aryl methyl sites for hydroxylation is 2. The Kier molecular flexibility index (Phi) is 5.99. The number of hydrogen-bond acceptors (Lipinski definition) is 8. The molecule has 0 aliphatic heterocycles. The highest BCUT2D eigenvalue weighted by Crippen LogP contribution is 2.12. The van der Waals surface area contributed by atoms with Crippen LogP contribution in [0.15, 0.2) is 10.3 Å². The van der Waals surface area contributed by atoms with Crippen molar-refractivity contribution in [1.82, 2.24) is 40.7 Å². The van der Waals surface area contributed by atoms with E-state index >= 15 is 0 Å². The van der Waals surface area contributed by atoms with E-state index in [1.165, 1.54) is 23.5 Å². The molecule has 0 fully saturated rings. The maximum Gasteiger partial charge on any atom is 0.230 e. The third-order valence-corrected chi connectivity index (χ3v) is 4.27. The van der Waals surface area contributed by atoms with Crippen molar-refractivity contribution in [3.63, 3.8) is 0 Å². The van der Waals surface area contributed by atoms with Gasteiger partial charge in [-0.3, -0.25) is 9.89 Å². The number of tetrazole rings is 1. The van der Waals surface area contributed by atoms with Gasteiger partial charge < -0.3 is 5.32 Å². The summed E-state index contributed by atoms with van der Waals surface area (Å²) in [6, 6.07) is 0. The normalized spacial score (nSPS) is 10.8. The molecule has 0 bridgehead atoms. The highest BCUT2D eigenvalue weighted by Gasteiger charge is 2.07. The van der Waals surface area contributed by atoms with E-state index in [1.807, 2.05) is 6.92 Å². The molecule has 2 heterocycles.